The Balaban J connectivity index is 1.85. The number of aryl methyl sites for hydroxylation is 1. The summed E-state index contributed by atoms with van der Waals surface area (Å²) >= 11 is 0. The van der Waals surface area contributed by atoms with Crippen LogP contribution in [0.1, 0.15) is 22.9 Å². The van der Waals surface area contributed by atoms with Crippen molar-refractivity contribution in [3.05, 3.63) is 65.5 Å². The SMILES string of the molecule is Cc1ccc2c(c1)ncn2Cc1ccc(C(O)NO)cc1. The van der Waals surface area contributed by atoms with Crippen LogP contribution in [0, 0.1) is 6.92 Å². The maximum absolute atomic E-state index is 9.47. The molecule has 5 heteroatoms. The van der Waals surface area contributed by atoms with E-state index in [4.69, 9.17) is 5.21 Å². The number of hydrogen-bond donors (Lipinski definition) is 3. The van der Waals surface area contributed by atoms with Gasteiger partial charge in [-0.25, -0.2) is 4.98 Å². The highest BCUT2D eigenvalue weighted by Gasteiger charge is 2.06. The number of hydrogen-bond acceptors (Lipinski definition) is 4. The van der Waals surface area contributed by atoms with Crippen LogP contribution in [-0.4, -0.2) is 19.9 Å². The van der Waals surface area contributed by atoms with Crippen LogP contribution < -0.4 is 5.48 Å². The number of aliphatic hydroxyl groups excluding tert-OH is 1. The zero-order chi connectivity index (χ0) is 14.8. The molecule has 0 aliphatic carbocycles. The molecule has 1 unspecified atom stereocenters. The van der Waals surface area contributed by atoms with E-state index in [-0.39, 0.29) is 0 Å². The zero-order valence-electron chi connectivity index (χ0n) is 11.7. The van der Waals surface area contributed by atoms with Crippen molar-refractivity contribution >= 4 is 11.0 Å². The summed E-state index contributed by atoms with van der Waals surface area (Å²) in [5, 5.41) is 18.2. The summed E-state index contributed by atoms with van der Waals surface area (Å²) < 4.78 is 2.09. The van der Waals surface area contributed by atoms with E-state index >= 15 is 0 Å². The summed E-state index contributed by atoms with van der Waals surface area (Å²) in [4.78, 5) is 4.41. The van der Waals surface area contributed by atoms with Crippen LogP contribution in [0.5, 0.6) is 0 Å². The van der Waals surface area contributed by atoms with E-state index in [9.17, 15) is 5.11 Å². The number of benzene rings is 2. The van der Waals surface area contributed by atoms with E-state index < -0.39 is 6.23 Å². The van der Waals surface area contributed by atoms with Crippen molar-refractivity contribution in [1.29, 1.82) is 0 Å². The molecule has 0 aliphatic heterocycles. The molecule has 0 radical (unpaired) electrons. The summed E-state index contributed by atoms with van der Waals surface area (Å²) in [6.07, 6.45) is 0.776. The predicted molar refractivity (Wildman–Crippen MR) is 79.9 cm³/mol. The van der Waals surface area contributed by atoms with Crippen LogP contribution in [0.15, 0.2) is 48.8 Å². The Morgan fingerprint density at radius 1 is 1.19 bits per heavy atom. The fourth-order valence-corrected chi connectivity index (χ4v) is 2.38. The predicted octanol–water partition coefficient (Wildman–Crippen LogP) is 2.36. The van der Waals surface area contributed by atoms with Crippen LogP contribution >= 0.6 is 0 Å². The largest absolute Gasteiger partial charge is 0.372 e. The fraction of sp³-hybridized carbons (Fsp3) is 0.188. The molecule has 0 bridgehead atoms. The smallest absolute Gasteiger partial charge is 0.152 e. The van der Waals surface area contributed by atoms with Gasteiger partial charge in [0, 0.05) is 6.54 Å². The van der Waals surface area contributed by atoms with Gasteiger partial charge in [0.2, 0.25) is 0 Å². The minimum Gasteiger partial charge on any atom is -0.372 e. The molecule has 0 saturated carbocycles. The molecule has 3 N–H and O–H groups in total. The number of rotatable bonds is 4. The minimum absolute atomic E-state index is 0.618. The molecule has 2 aromatic carbocycles. The van der Waals surface area contributed by atoms with Gasteiger partial charge in [0.25, 0.3) is 0 Å². The molecular formula is C16H17N3O2. The number of aromatic nitrogens is 2. The van der Waals surface area contributed by atoms with Gasteiger partial charge < -0.3 is 14.9 Å². The lowest BCUT2D eigenvalue weighted by Crippen LogP contribution is -2.15. The molecular weight excluding hydrogens is 266 g/mol. The number of nitrogens with one attached hydrogen (secondary N) is 1. The Morgan fingerprint density at radius 2 is 1.95 bits per heavy atom. The zero-order valence-corrected chi connectivity index (χ0v) is 11.7. The monoisotopic (exact) mass is 283 g/mol. The van der Waals surface area contributed by atoms with Gasteiger partial charge in [-0.3, -0.25) is 0 Å². The first kappa shape index (κ1) is 13.8. The van der Waals surface area contributed by atoms with E-state index in [0.29, 0.717) is 12.1 Å². The van der Waals surface area contributed by atoms with Gasteiger partial charge in [-0.15, -0.1) is 0 Å². The maximum atomic E-state index is 9.47. The molecule has 3 rings (SSSR count). The average molecular weight is 283 g/mol. The molecule has 21 heavy (non-hydrogen) atoms. The van der Waals surface area contributed by atoms with E-state index in [1.165, 1.54) is 5.56 Å². The van der Waals surface area contributed by atoms with Gasteiger partial charge >= 0.3 is 0 Å². The standard InChI is InChI=1S/C16H17N3O2/c1-11-2-7-15-14(8-11)17-10-19(15)9-12-3-5-13(6-4-12)16(20)18-21/h2-8,10,16,18,20-21H,9H2,1H3. The third-order valence-corrected chi connectivity index (χ3v) is 3.55. The molecule has 0 aliphatic rings. The number of imidazole rings is 1. The van der Waals surface area contributed by atoms with Gasteiger partial charge in [0.1, 0.15) is 0 Å². The molecule has 1 heterocycles. The maximum Gasteiger partial charge on any atom is 0.152 e. The lowest BCUT2D eigenvalue weighted by Gasteiger charge is -2.10. The van der Waals surface area contributed by atoms with E-state index in [0.717, 1.165) is 16.6 Å². The molecule has 0 amide bonds. The number of fused-ring (bicyclic) bond motifs is 1. The van der Waals surface area contributed by atoms with Gasteiger partial charge in [-0.1, -0.05) is 30.3 Å². The molecule has 3 aromatic rings. The third-order valence-electron chi connectivity index (χ3n) is 3.55. The number of nitrogens with zero attached hydrogens (tertiary/aromatic N) is 2. The van der Waals surface area contributed by atoms with E-state index in [2.05, 4.69) is 34.7 Å². The molecule has 1 aromatic heterocycles. The number of aliphatic hydroxyl groups is 1. The number of hydroxylamine groups is 1. The highest BCUT2D eigenvalue weighted by atomic mass is 16.5. The normalized spacial score (nSPS) is 12.7. The van der Waals surface area contributed by atoms with Crippen LogP contribution in [0.4, 0.5) is 0 Å². The van der Waals surface area contributed by atoms with Crippen molar-refractivity contribution in [1.82, 2.24) is 15.0 Å². The second-order valence-corrected chi connectivity index (χ2v) is 5.14. The van der Waals surface area contributed by atoms with Crippen molar-refractivity contribution in [3.8, 4) is 0 Å². The van der Waals surface area contributed by atoms with Gasteiger partial charge in [0.05, 0.1) is 17.4 Å². The summed E-state index contributed by atoms with van der Waals surface area (Å²) in [7, 11) is 0. The molecule has 108 valence electrons. The Labute approximate surface area is 122 Å². The molecule has 5 nitrogen and oxygen atoms in total. The average Bonchev–Trinajstić information content (AvgIpc) is 2.89. The molecule has 0 saturated heterocycles. The Morgan fingerprint density at radius 3 is 2.67 bits per heavy atom. The lowest BCUT2D eigenvalue weighted by molar-refractivity contribution is 0.000692. The van der Waals surface area contributed by atoms with Gasteiger partial charge in [-0.2, -0.15) is 5.48 Å². The second kappa shape index (κ2) is 5.65. The third kappa shape index (κ3) is 2.80. The van der Waals surface area contributed by atoms with Gasteiger partial charge in [-0.05, 0) is 35.7 Å². The molecule has 1 atom stereocenters. The lowest BCUT2D eigenvalue weighted by atomic mass is 10.1. The highest BCUT2D eigenvalue weighted by Crippen LogP contribution is 2.17. The van der Waals surface area contributed by atoms with Crippen molar-refractivity contribution in [2.24, 2.45) is 0 Å². The van der Waals surface area contributed by atoms with Crippen molar-refractivity contribution in [2.75, 3.05) is 0 Å². The Bertz CT molecular complexity index is 750. The molecule has 0 fully saturated rings. The first-order valence-electron chi connectivity index (χ1n) is 6.75. The van der Waals surface area contributed by atoms with Crippen molar-refractivity contribution < 1.29 is 10.3 Å². The summed E-state index contributed by atoms with van der Waals surface area (Å²) in [6.45, 7) is 2.76. The highest BCUT2D eigenvalue weighted by molar-refractivity contribution is 5.76. The van der Waals surface area contributed by atoms with Crippen LogP contribution in [0.3, 0.4) is 0 Å². The Hall–Kier alpha value is -2.21. The Kier molecular flexibility index (Phi) is 3.70. The van der Waals surface area contributed by atoms with Crippen LogP contribution in [0.2, 0.25) is 0 Å². The first-order chi connectivity index (χ1) is 10.2. The summed E-state index contributed by atoms with van der Waals surface area (Å²) in [5.41, 5.74) is 6.82. The van der Waals surface area contributed by atoms with Crippen molar-refractivity contribution in [2.45, 2.75) is 19.7 Å². The van der Waals surface area contributed by atoms with Crippen molar-refractivity contribution in [3.63, 3.8) is 0 Å². The molecule has 0 spiro atoms. The summed E-state index contributed by atoms with van der Waals surface area (Å²) in [5.74, 6) is 0. The van der Waals surface area contributed by atoms with E-state index in [1.807, 2.05) is 23.9 Å². The minimum atomic E-state index is -1.06. The topological polar surface area (TPSA) is 70.3 Å². The van der Waals surface area contributed by atoms with Crippen LogP contribution in [-0.2, 0) is 6.54 Å². The van der Waals surface area contributed by atoms with E-state index in [1.54, 1.807) is 12.1 Å². The summed E-state index contributed by atoms with van der Waals surface area (Å²) in [6, 6.07) is 13.6. The van der Waals surface area contributed by atoms with Crippen LogP contribution in [0.25, 0.3) is 11.0 Å². The quantitative estimate of drug-likeness (QED) is 0.508. The second-order valence-electron chi connectivity index (χ2n) is 5.14. The van der Waals surface area contributed by atoms with Gasteiger partial charge in [0.15, 0.2) is 6.23 Å². The fourth-order valence-electron chi connectivity index (χ4n) is 2.38. The first-order valence-corrected chi connectivity index (χ1v) is 6.75.